The van der Waals surface area contributed by atoms with E-state index >= 15 is 0 Å². The van der Waals surface area contributed by atoms with Crippen LogP contribution in [0.2, 0.25) is 0 Å². The second-order valence-corrected chi connectivity index (χ2v) is 13.7. The Labute approximate surface area is 277 Å². The third kappa shape index (κ3) is 5.50. The Morgan fingerprint density at radius 2 is 1.76 bits per heavy atom. The fourth-order valence-electron chi connectivity index (χ4n) is 6.44. The summed E-state index contributed by atoms with van der Waals surface area (Å²) in [6.07, 6.45) is 3.08. The Morgan fingerprint density at radius 3 is 2.59 bits per heavy atom. The van der Waals surface area contributed by atoms with Crippen molar-refractivity contribution in [3.8, 4) is 5.75 Å². The first-order valence-corrected chi connectivity index (χ1v) is 16.7. The molecule has 0 aliphatic carbocycles. The lowest BCUT2D eigenvalue weighted by atomic mass is 9.95. The van der Waals surface area contributed by atoms with E-state index in [1.807, 2.05) is 59.3 Å². The zero-order chi connectivity index (χ0) is 33.9. The molecule has 11 nitrogen and oxygen atoms in total. The van der Waals surface area contributed by atoms with Crippen molar-refractivity contribution < 1.29 is 27.1 Å². The smallest absolute Gasteiger partial charge is 0.284 e. The molecule has 0 saturated heterocycles. The van der Waals surface area contributed by atoms with Crippen LogP contribution in [0, 0.1) is 11.6 Å². The highest BCUT2D eigenvalue weighted by molar-refractivity contribution is 7.89. The molecule has 14 heteroatoms. The molecule has 4 aromatic carbocycles. The van der Waals surface area contributed by atoms with Gasteiger partial charge in [-0.05, 0) is 65.0 Å². The number of rotatable bonds is 9. The van der Waals surface area contributed by atoms with Gasteiger partial charge < -0.3 is 25.3 Å². The number of phenolic OH excluding ortho intramolecular Hbond substituents is 1. The molecule has 246 valence electrons. The van der Waals surface area contributed by atoms with E-state index in [1.165, 1.54) is 12.3 Å². The lowest BCUT2D eigenvalue weighted by Gasteiger charge is -2.15. The number of halogens is 2. The molecule has 1 aliphatic heterocycles. The number of phenols is 1. The van der Waals surface area contributed by atoms with E-state index in [-0.39, 0.29) is 18.2 Å². The minimum atomic E-state index is -4.35. The van der Waals surface area contributed by atoms with Crippen molar-refractivity contribution in [2.45, 2.75) is 30.6 Å². The second-order valence-electron chi connectivity index (χ2n) is 11.9. The number of H-pyrrole nitrogens is 1. The molecule has 49 heavy (non-hydrogen) atoms. The minimum Gasteiger partial charge on any atom is -0.508 e. The van der Waals surface area contributed by atoms with Crippen LogP contribution in [0.3, 0.4) is 0 Å². The number of aromatic nitrogens is 5. The second kappa shape index (κ2) is 11.7. The predicted molar refractivity (Wildman–Crippen MR) is 176 cm³/mol. The van der Waals surface area contributed by atoms with E-state index in [4.69, 9.17) is 0 Å². The van der Waals surface area contributed by atoms with Crippen LogP contribution in [0.5, 0.6) is 5.75 Å². The van der Waals surface area contributed by atoms with Crippen molar-refractivity contribution >= 4 is 37.7 Å². The van der Waals surface area contributed by atoms with Crippen LogP contribution in [0.25, 0.3) is 21.8 Å². The zero-order valence-electron chi connectivity index (χ0n) is 25.6. The van der Waals surface area contributed by atoms with Gasteiger partial charge in [-0.15, -0.1) is 9.19 Å². The monoisotopic (exact) mass is 679 g/mol. The maximum atomic E-state index is 13.7. The summed E-state index contributed by atoms with van der Waals surface area (Å²) in [5.74, 6) is -2.13. The average molecular weight is 680 g/mol. The largest absolute Gasteiger partial charge is 0.508 e. The molecular weight excluding hydrogens is 652 g/mol. The van der Waals surface area contributed by atoms with Gasteiger partial charge in [0.1, 0.15) is 23.1 Å². The quantitative estimate of drug-likeness (QED) is 0.166. The van der Waals surface area contributed by atoms with E-state index in [2.05, 4.69) is 25.9 Å². The van der Waals surface area contributed by atoms with Gasteiger partial charge in [0.05, 0.1) is 23.7 Å². The van der Waals surface area contributed by atoms with Gasteiger partial charge in [0, 0.05) is 58.6 Å². The molecule has 7 aromatic rings. The molecule has 0 bridgehead atoms. The summed E-state index contributed by atoms with van der Waals surface area (Å²) < 4.78 is 55.8. The van der Waals surface area contributed by atoms with Crippen LogP contribution in [0.15, 0.2) is 102 Å². The van der Waals surface area contributed by atoms with Crippen LogP contribution < -0.4 is 10.6 Å². The number of carbonyl (C=O) groups excluding carboxylic acids is 1. The van der Waals surface area contributed by atoms with E-state index < -0.39 is 32.6 Å². The Balaban J connectivity index is 1.01. The summed E-state index contributed by atoms with van der Waals surface area (Å²) in [7, 11) is -4.35. The summed E-state index contributed by atoms with van der Waals surface area (Å²) in [4.78, 5) is 15.7. The molecule has 0 saturated carbocycles. The van der Waals surface area contributed by atoms with Crippen molar-refractivity contribution in [1.82, 2.24) is 34.6 Å². The number of aromatic hydroxyl groups is 1. The first-order valence-electron chi connectivity index (χ1n) is 15.3. The van der Waals surface area contributed by atoms with Crippen molar-refractivity contribution in [3.63, 3.8) is 0 Å². The van der Waals surface area contributed by atoms with Crippen molar-refractivity contribution in [3.05, 3.63) is 143 Å². The maximum Gasteiger partial charge on any atom is 0.284 e. The number of nitrogens with one attached hydrogen (secondary N) is 3. The van der Waals surface area contributed by atoms with Gasteiger partial charge in [-0.1, -0.05) is 35.5 Å². The first-order chi connectivity index (χ1) is 23.6. The standard InChI is InChI=1S/C35H27F2N7O4S/c36-22-12-23(37)14-26(13-22)49(47,48)44-19-24(41-42-44)18-43-10-9-21-6-5-20(11-32(21)43)16-38-17-31-33(28-3-1-2-4-30(28)39-31)34-29-15-25(45)7-8-27(29)35(46)40-34/h1-15,19,34,38-39,45H,16-18H2,(H,40,46)/t34-/m0/s1. The van der Waals surface area contributed by atoms with E-state index in [9.17, 15) is 27.1 Å². The van der Waals surface area contributed by atoms with Gasteiger partial charge in [-0.2, -0.15) is 8.42 Å². The van der Waals surface area contributed by atoms with Crippen molar-refractivity contribution in [2.24, 2.45) is 0 Å². The molecule has 0 radical (unpaired) electrons. The predicted octanol–water partition coefficient (Wildman–Crippen LogP) is 5.11. The molecule has 0 fully saturated rings. The molecule has 0 spiro atoms. The number of hydrogen-bond donors (Lipinski definition) is 4. The number of hydrogen-bond acceptors (Lipinski definition) is 7. The number of nitrogens with zero attached hydrogens (tertiary/aromatic N) is 4. The zero-order valence-corrected chi connectivity index (χ0v) is 26.4. The van der Waals surface area contributed by atoms with E-state index in [0.29, 0.717) is 34.5 Å². The highest BCUT2D eigenvalue weighted by atomic mass is 32.2. The Kier molecular flexibility index (Phi) is 7.26. The van der Waals surface area contributed by atoms with Crippen LogP contribution in [0.4, 0.5) is 8.78 Å². The normalized spacial score (nSPS) is 14.5. The fraction of sp³-hybridized carbons (Fsp3) is 0.114. The highest BCUT2D eigenvalue weighted by Gasteiger charge is 2.33. The lowest BCUT2D eigenvalue weighted by Crippen LogP contribution is -2.22. The maximum absolute atomic E-state index is 13.7. The lowest BCUT2D eigenvalue weighted by molar-refractivity contribution is 0.0960. The minimum absolute atomic E-state index is 0.0927. The molecule has 4 N–H and O–H groups in total. The molecule has 0 unspecified atom stereocenters. The van der Waals surface area contributed by atoms with Gasteiger partial charge in [-0.25, -0.2) is 8.78 Å². The van der Waals surface area contributed by atoms with Crippen LogP contribution in [0.1, 0.15) is 44.5 Å². The van der Waals surface area contributed by atoms with Crippen LogP contribution in [-0.2, 0) is 29.7 Å². The van der Waals surface area contributed by atoms with Gasteiger partial charge in [0.25, 0.3) is 15.9 Å². The Hall–Kier alpha value is -5.86. The van der Waals surface area contributed by atoms with Gasteiger partial charge in [0.15, 0.2) is 0 Å². The van der Waals surface area contributed by atoms with E-state index in [1.54, 1.807) is 12.1 Å². The summed E-state index contributed by atoms with van der Waals surface area (Å²) in [6, 6.07) is 22.3. The van der Waals surface area contributed by atoms with Gasteiger partial charge >= 0.3 is 0 Å². The molecule has 1 amide bonds. The van der Waals surface area contributed by atoms with Crippen LogP contribution in [-0.4, -0.2) is 43.4 Å². The summed E-state index contributed by atoms with van der Waals surface area (Å²) in [6.45, 7) is 1.19. The SMILES string of the molecule is O=C1N[C@H](c2c(CNCc3ccc4ccn(Cc5cn(S(=O)(=O)c6cc(F)cc(F)c6)nn5)c4c3)[nH]c3ccccc23)c2cc(O)ccc21. The molecule has 1 aliphatic rings. The number of benzene rings is 4. The molecule has 4 heterocycles. The fourth-order valence-corrected chi connectivity index (χ4v) is 7.57. The summed E-state index contributed by atoms with van der Waals surface area (Å²) in [5, 5.41) is 26.4. The topological polar surface area (TPSA) is 147 Å². The summed E-state index contributed by atoms with van der Waals surface area (Å²) >= 11 is 0. The van der Waals surface area contributed by atoms with E-state index in [0.717, 1.165) is 56.3 Å². The Bertz CT molecular complexity index is 2520. The van der Waals surface area contributed by atoms with Crippen LogP contribution >= 0.6 is 0 Å². The molecule has 8 rings (SSSR count). The Morgan fingerprint density at radius 1 is 0.939 bits per heavy atom. The first kappa shape index (κ1) is 30.5. The van der Waals surface area contributed by atoms with Crippen molar-refractivity contribution in [2.75, 3.05) is 0 Å². The number of fused-ring (bicyclic) bond motifs is 3. The number of amides is 1. The average Bonchev–Trinajstić information content (AvgIpc) is 3.86. The molecular formula is C35H27F2N7O4S. The van der Waals surface area contributed by atoms with Crippen molar-refractivity contribution in [1.29, 1.82) is 0 Å². The number of carbonyl (C=O) groups is 1. The third-order valence-corrected chi connectivity index (χ3v) is 10.2. The number of para-hydroxylation sites is 1. The van der Waals surface area contributed by atoms with Gasteiger partial charge in [-0.3, -0.25) is 4.79 Å². The third-order valence-electron chi connectivity index (χ3n) is 8.69. The highest BCUT2D eigenvalue weighted by Crippen LogP contribution is 2.38. The van der Waals surface area contributed by atoms with Gasteiger partial charge in [0.2, 0.25) is 0 Å². The molecule has 3 aromatic heterocycles. The number of aromatic amines is 1. The summed E-state index contributed by atoms with van der Waals surface area (Å²) in [5.41, 5.74) is 6.26. The molecule has 1 atom stereocenters.